The minimum absolute atomic E-state index is 0.216. The zero-order valence-electron chi connectivity index (χ0n) is 14.8. The van der Waals surface area contributed by atoms with Crippen molar-refractivity contribution in [2.45, 2.75) is 19.5 Å². The van der Waals surface area contributed by atoms with Crippen molar-refractivity contribution < 1.29 is 4.39 Å². The van der Waals surface area contributed by atoms with Gasteiger partial charge in [0.05, 0.1) is 11.4 Å². The fourth-order valence-corrected chi connectivity index (χ4v) is 3.55. The molecule has 2 aromatic carbocycles. The Morgan fingerprint density at radius 3 is 2.46 bits per heavy atom. The van der Waals surface area contributed by atoms with Gasteiger partial charge in [0.25, 0.3) is 0 Å². The molecule has 134 valence electrons. The van der Waals surface area contributed by atoms with E-state index >= 15 is 0 Å². The third kappa shape index (κ3) is 3.41. The first-order valence-corrected chi connectivity index (χ1v) is 8.98. The van der Waals surface area contributed by atoms with E-state index in [4.69, 9.17) is 10.8 Å². The van der Waals surface area contributed by atoms with Crippen molar-refractivity contribution in [1.29, 1.82) is 0 Å². The number of benzene rings is 2. The number of hydrogen-bond acceptors (Lipinski definition) is 3. The molecule has 4 rings (SSSR count). The summed E-state index contributed by atoms with van der Waals surface area (Å²) in [5.41, 5.74) is 10.1. The number of nitrogens with zero attached hydrogens (tertiary/aromatic N) is 3. The van der Waals surface area contributed by atoms with Crippen LogP contribution < -0.4 is 5.73 Å². The number of hydrogen-bond donors (Lipinski definition) is 1. The summed E-state index contributed by atoms with van der Waals surface area (Å²) >= 11 is 0. The van der Waals surface area contributed by atoms with Crippen LogP contribution in [0.5, 0.6) is 0 Å². The summed E-state index contributed by atoms with van der Waals surface area (Å²) in [5.74, 6) is 0.255. The molecule has 2 N–H and O–H groups in total. The van der Waals surface area contributed by atoms with Crippen LogP contribution in [0.25, 0.3) is 16.9 Å². The Morgan fingerprint density at radius 1 is 1.08 bits per heavy atom. The van der Waals surface area contributed by atoms with Crippen LogP contribution in [-0.4, -0.2) is 33.8 Å². The van der Waals surface area contributed by atoms with Crippen LogP contribution in [0.4, 0.5) is 4.39 Å². The van der Waals surface area contributed by atoms with Gasteiger partial charge < -0.3 is 5.73 Å². The van der Waals surface area contributed by atoms with Crippen molar-refractivity contribution in [3.63, 3.8) is 0 Å². The van der Waals surface area contributed by atoms with Gasteiger partial charge in [0, 0.05) is 43.0 Å². The molecule has 0 bridgehead atoms. The van der Waals surface area contributed by atoms with Crippen LogP contribution in [0.1, 0.15) is 12.5 Å². The van der Waals surface area contributed by atoms with Gasteiger partial charge in [-0.15, -0.1) is 0 Å². The molecule has 0 spiro atoms. The average Bonchev–Trinajstić information content (AvgIpc) is 3.20. The summed E-state index contributed by atoms with van der Waals surface area (Å²) in [7, 11) is 0. The molecule has 5 heteroatoms. The molecule has 1 aliphatic heterocycles. The van der Waals surface area contributed by atoms with Crippen LogP contribution in [0, 0.1) is 11.7 Å². The number of nitrogens with two attached hydrogens (primary N) is 1. The van der Waals surface area contributed by atoms with E-state index in [1.807, 2.05) is 35.0 Å². The minimum atomic E-state index is -0.239. The summed E-state index contributed by atoms with van der Waals surface area (Å²) in [6.07, 6.45) is 2.07. The first kappa shape index (κ1) is 16.9. The SMILES string of the molecule is CC1CN(Cc2cn(-c3ccccc3)nc2-c2ccc(F)cc2)CC1N. The van der Waals surface area contributed by atoms with E-state index in [1.54, 1.807) is 12.1 Å². The van der Waals surface area contributed by atoms with Gasteiger partial charge in [-0.05, 0) is 42.3 Å². The smallest absolute Gasteiger partial charge is 0.123 e. The van der Waals surface area contributed by atoms with E-state index < -0.39 is 0 Å². The lowest BCUT2D eigenvalue weighted by Crippen LogP contribution is -2.28. The molecule has 1 saturated heterocycles. The van der Waals surface area contributed by atoms with Crippen molar-refractivity contribution in [2.24, 2.45) is 11.7 Å². The second-order valence-electron chi connectivity index (χ2n) is 7.13. The lowest BCUT2D eigenvalue weighted by molar-refractivity contribution is 0.319. The Hall–Kier alpha value is -2.50. The number of aromatic nitrogens is 2. The Bertz CT molecular complexity index is 863. The van der Waals surface area contributed by atoms with Crippen molar-refractivity contribution in [3.05, 3.63) is 72.2 Å². The number of halogens is 1. The highest BCUT2D eigenvalue weighted by atomic mass is 19.1. The van der Waals surface area contributed by atoms with Gasteiger partial charge in [0.2, 0.25) is 0 Å². The molecule has 2 heterocycles. The quantitative estimate of drug-likeness (QED) is 0.784. The monoisotopic (exact) mass is 350 g/mol. The third-order valence-corrected chi connectivity index (χ3v) is 5.07. The van der Waals surface area contributed by atoms with E-state index in [2.05, 4.69) is 18.0 Å². The first-order valence-electron chi connectivity index (χ1n) is 8.98. The molecule has 4 nitrogen and oxygen atoms in total. The van der Waals surface area contributed by atoms with Crippen molar-refractivity contribution in [3.8, 4) is 16.9 Å². The molecule has 0 radical (unpaired) electrons. The van der Waals surface area contributed by atoms with E-state index in [1.165, 1.54) is 12.1 Å². The maximum atomic E-state index is 13.3. The number of para-hydroxylation sites is 1. The Kier molecular flexibility index (Phi) is 4.57. The molecule has 1 aromatic heterocycles. The maximum absolute atomic E-state index is 13.3. The lowest BCUT2D eigenvalue weighted by Gasteiger charge is -2.15. The fourth-order valence-electron chi connectivity index (χ4n) is 3.55. The Balaban J connectivity index is 1.70. The largest absolute Gasteiger partial charge is 0.326 e. The highest BCUT2D eigenvalue weighted by Gasteiger charge is 2.27. The third-order valence-electron chi connectivity index (χ3n) is 5.07. The van der Waals surface area contributed by atoms with Gasteiger partial charge in [-0.25, -0.2) is 9.07 Å². The number of likely N-dealkylation sites (tertiary alicyclic amines) is 1. The lowest BCUT2D eigenvalue weighted by atomic mass is 10.1. The summed E-state index contributed by atoms with van der Waals surface area (Å²) in [6.45, 7) is 4.86. The zero-order valence-corrected chi connectivity index (χ0v) is 14.8. The van der Waals surface area contributed by atoms with E-state index in [0.29, 0.717) is 5.92 Å². The van der Waals surface area contributed by atoms with Crippen LogP contribution in [-0.2, 0) is 6.54 Å². The highest BCUT2D eigenvalue weighted by molar-refractivity contribution is 5.63. The van der Waals surface area contributed by atoms with Gasteiger partial charge in [-0.1, -0.05) is 25.1 Å². The first-order chi connectivity index (χ1) is 12.6. The summed E-state index contributed by atoms with van der Waals surface area (Å²) in [4.78, 5) is 2.37. The summed E-state index contributed by atoms with van der Waals surface area (Å²) in [6, 6.07) is 16.8. The highest BCUT2D eigenvalue weighted by Crippen LogP contribution is 2.27. The number of rotatable bonds is 4. The molecule has 26 heavy (non-hydrogen) atoms. The van der Waals surface area contributed by atoms with Crippen LogP contribution >= 0.6 is 0 Å². The topological polar surface area (TPSA) is 47.1 Å². The normalized spacial score (nSPS) is 20.6. The molecule has 3 aromatic rings. The molecule has 1 aliphatic rings. The van der Waals surface area contributed by atoms with Gasteiger partial charge in [-0.3, -0.25) is 4.90 Å². The van der Waals surface area contributed by atoms with Gasteiger partial charge in [0.1, 0.15) is 5.82 Å². The van der Waals surface area contributed by atoms with E-state index in [9.17, 15) is 4.39 Å². The molecule has 1 fully saturated rings. The van der Waals surface area contributed by atoms with Crippen molar-refractivity contribution >= 4 is 0 Å². The summed E-state index contributed by atoms with van der Waals surface area (Å²) < 4.78 is 15.2. The van der Waals surface area contributed by atoms with Crippen molar-refractivity contribution in [1.82, 2.24) is 14.7 Å². The fraction of sp³-hybridized carbons (Fsp3) is 0.286. The second-order valence-corrected chi connectivity index (χ2v) is 7.13. The predicted molar refractivity (Wildman–Crippen MR) is 101 cm³/mol. The molecule has 0 saturated carbocycles. The second kappa shape index (κ2) is 7.02. The van der Waals surface area contributed by atoms with Crippen LogP contribution in [0.3, 0.4) is 0 Å². The standard InChI is InChI=1S/C21H23FN4/c1-15-11-25(14-20(15)23)12-17-13-26(19-5-3-2-4-6-19)24-21(17)16-7-9-18(22)10-8-16/h2-10,13,15,20H,11-12,14,23H2,1H3. The molecule has 2 unspecified atom stereocenters. The predicted octanol–water partition coefficient (Wildman–Crippen LogP) is 3.46. The van der Waals surface area contributed by atoms with Gasteiger partial charge in [0.15, 0.2) is 0 Å². The summed E-state index contributed by atoms with van der Waals surface area (Å²) in [5, 5.41) is 4.80. The van der Waals surface area contributed by atoms with E-state index in [0.717, 1.165) is 42.1 Å². The molecule has 2 atom stereocenters. The molecule has 0 aliphatic carbocycles. The zero-order chi connectivity index (χ0) is 18.1. The molecule has 0 amide bonds. The molecular formula is C21H23FN4. The Labute approximate surface area is 153 Å². The maximum Gasteiger partial charge on any atom is 0.123 e. The van der Waals surface area contributed by atoms with Crippen LogP contribution in [0.2, 0.25) is 0 Å². The van der Waals surface area contributed by atoms with E-state index in [-0.39, 0.29) is 11.9 Å². The minimum Gasteiger partial charge on any atom is -0.326 e. The van der Waals surface area contributed by atoms with Gasteiger partial charge in [-0.2, -0.15) is 5.10 Å². The molecular weight excluding hydrogens is 327 g/mol. The van der Waals surface area contributed by atoms with Gasteiger partial charge >= 0.3 is 0 Å². The van der Waals surface area contributed by atoms with Crippen LogP contribution in [0.15, 0.2) is 60.8 Å². The average molecular weight is 350 g/mol. The Morgan fingerprint density at radius 2 is 1.81 bits per heavy atom. The van der Waals surface area contributed by atoms with Crippen molar-refractivity contribution in [2.75, 3.05) is 13.1 Å².